The predicted molar refractivity (Wildman–Crippen MR) is 77.0 cm³/mol. The zero-order valence-electron chi connectivity index (χ0n) is 11.4. The molecule has 0 bridgehead atoms. The number of rotatable bonds is 3. The summed E-state index contributed by atoms with van der Waals surface area (Å²) in [6.45, 7) is 5.82. The van der Waals surface area contributed by atoms with E-state index in [1.807, 2.05) is 51.1 Å². The Balaban J connectivity index is 2.07. The van der Waals surface area contributed by atoms with Crippen molar-refractivity contribution in [3.63, 3.8) is 0 Å². The number of aryl methyl sites for hydroxylation is 3. The van der Waals surface area contributed by atoms with Crippen molar-refractivity contribution in [2.24, 2.45) is 0 Å². The van der Waals surface area contributed by atoms with Crippen LogP contribution in [0, 0.1) is 20.8 Å². The maximum Gasteiger partial charge on any atom is 0.248 e. The van der Waals surface area contributed by atoms with Gasteiger partial charge in [0.15, 0.2) is 0 Å². The minimum absolute atomic E-state index is 0.161. The van der Waals surface area contributed by atoms with E-state index < -0.39 is 0 Å². The highest BCUT2D eigenvalue weighted by Gasteiger charge is 2.04. The number of carbonyl (C=O) groups excluding carboxylic acids is 1. The third kappa shape index (κ3) is 3.35. The van der Waals surface area contributed by atoms with Gasteiger partial charge in [-0.25, -0.2) is 0 Å². The molecule has 0 aliphatic carbocycles. The zero-order chi connectivity index (χ0) is 13.8. The van der Waals surface area contributed by atoms with E-state index in [1.165, 1.54) is 6.08 Å². The second-order valence-electron chi connectivity index (χ2n) is 4.54. The fourth-order valence-electron chi connectivity index (χ4n) is 1.88. The molecule has 0 fully saturated rings. The molecule has 1 amide bonds. The maximum absolute atomic E-state index is 11.9. The normalized spacial score (nSPS) is 10.9. The second kappa shape index (κ2) is 5.57. The summed E-state index contributed by atoms with van der Waals surface area (Å²) in [6.07, 6.45) is 3.14. The smallest absolute Gasteiger partial charge is 0.248 e. The number of hydrogen-bond acceptors (Lipinski definition) is 2. The Morgan fingerprint density at radius 1 is 1.11 bits per heavy atom. The first-order valence-electron chi connectivity index (χ1n) is 6.18. The molecule has 1 aromatic heterocycles. The van der Waals surface area contributed by atoms with Crippen LogP contribution in [0.15, 0.2) is 40.8 Å². The Morgan fingerprint density at radius 3 is 2.37 bits per heavy atom. The Labute approximate surface area is 112 Å². The number of benzene rings is 1. The fourth-order valence-corrected chi connectivity index (χ4v) is 1.88. The van der Waals surface area contributed by atoms with Crippen molar-refractivity contribution in [1.29, 1.82) is 0 Å². The molecule has 0 saturated carbocycles. The predicted octanol–water partition coefficient (Wildman–Crippen LogP) is 3.86. The average Bonchev–Trinajstić information content (AvgIpc) is 2.77. The van der Waals surface area contributed by atoms with Gasteiger partial charge < -0.3 is 9.73 Å². The highest BCUT2D eigenvalue weighted by molar-refractivity contribution is 6.02. The number of anilines is 1. The third-order valence-electron chi connectivity index (χ3n) is 2.89. The molecule has 0 unspecified atom stereocenters. The van der Waals surface area contributed by atoms with Gasteiger partial charge in [0.05, 0.1) is 0 Å². The van der Waals surface area contributed by atoms with Crippen LogP contribution in [0.25, 0.3) is 6.08 Å². The van der Waals surface area contributed by atoms with E-state index in [4.69, 9.17) is 4.42 Å². The molecule has 0 aliphatic heterocycles. The van der Waals surface area contributed by atoms with Crippen molar-refractivity contribution in [2.45, 2.75) is 20.8 Å². The molecule has 19 heavy (non-hydrogen) atoms. The second-order valence-corrected chi connectivity index (χ2v) is 4.54. The van der Waals surface area contributed by atoms with Crippen LogP contribution in [0.1, 0.15) is 22.6 Å². The first-order valence-corrected chi connectivity index (χ1v) is 6.18. The molecule has 1 heterocycles. The van der Waals surface area contributed by atoms with E-state index in [2.05, 4.69) is 5.32 Å². The Hall–Kier alpha value is -2.29. The Kier molecular flexibility index (Phi) is 3.85. The van der Waals surface area contributed by atoms with Crippen LogP contribution < -0.4 is 5.32 Å². The van der Waals surface area contributed by atoms with Crippen LogP contribution in [0.2, 0.25) is 0 Å². The molecule has 0 spiro atoms. The number of carbonyl (C=O) groups is 1. The van der Waals surface area contributed by atoms with Gasteiger partial charge >= 0.3 is 0 Å². The summed E-state index contributed by atoms with van der Waals surface area (Å²) in [5.74, 6) is 1.34. The van der Waals surface area contributed by atoms with Crippen molar-refractivity contribution < 1.29 is 9.21 Å². The van der Waals surface area contributed by atoms with Crippen LogP contribution in [-0.2, 0) is 4.79 Å². The largest absolute Gasteiger partial charge is 0.462 e. The summed E-state index contributed by atoms with van der Waals surface area (Å²) < 4.78 is 5.36. The number of furan rings is 1. The molecule has 3 nitrogen and oxygen atoms in total. The highest BCUT2D eigenvalue weighted by atomic mass is 16.3. The van der Waals surface area contributed by atoms with Gasteiger partial charge in [-0.15, -0.1) is 0 Å². The summed E-state index contributed by atoms with van der Waals surface area (Å²) >= 11 is 0. The van der Waals surface area contributed by atoms with E-state index in [0.717, 1.165) is 22.6 Å². The van der Waals surface area contributed by atoms with E-state index >= 15 is 0 Å². The van der Waals surface area contributed by atoms with Crippen molar-refractivity contribution in [1.82, 2.24) is 0 Å². The third-order valence-corrected chi connectivity index (χ3v) is 2.89. The first kappa shape index (κ1) is 13.1. The van der Waals surface area contributed by atoms with Crippen molar-refractivity contribution in [2.75, 3.05) is 5.32 Å². The van der Waals surface area contributed by atoms with Gasteiger partial charge in [-0.1, -0.05) is 18.2 Å². The topological polar surface area (TPSA) is 42.2 Å². The molecule has 0 atom stereocenters. The lowest BCUT2D eigenvalue weighted by Gasteiger charge is -2.09. The quantitative estimate of drug-likeness (QED) is 0.846. The lowest BCUT2D eigenvalue weighted by molar-refractivity contribution is -0.111. The van der Waals surface area contributed by atoms with Gasteiger partial charge in [-0.2, -0.15) is 0 Å². The molecule has 2 rings (SSSR count). The summed E-state index contributed by atoms with van der Waals surface area (Å²) in [4.78, 5) is 11.9. The first-order chi connectivity index (χ1) is 9.06. The van der Waals surface area contributed by atoms with Crippen LogP contribution in [-0.4, -0.2) is 5.91 Å². The molecule has 98 valence electrons. The van der Waals surface area contributed by atoms with Gasteiger partial charge in [-0.3, -0.25) is 4.79 Å². The van der Waals surface area contributed by atoms with Gasteiger partial charge in [0.1, 0.15) is 11.5 Å². The van der Waals surface area contributed by atoms with Gasteiger partial charge in [0, 0.05) is 11.8 Å². The standard InChI is InChI=1S/C16H17NO2/c1-11-5-4-6-12(2)16(11)17-15(18)10-9-14-8-7-13(3)19-14/h4-10H,1-3H3,(H,17,18)/b10-9+. The molecule has 3 heteroatoms. The lowest BCUT2D eigenvalue weighted by Crippen LogP contribution is -2.10. The molecule has 0 radical (unpaired) electrons. The molecule has 0 aliphatic rings. The van der Waals surface area contributed by atoms with Crippen molar-refractivity contribution >= 4 is 17.7 Å². The van der Waals surface area contributed by atoms with Crippen LogP contribution in [0.5, 0.6) is 0 Å². The number of amides is 1. The van der Waals surface area contributed by atoms with Gasteiger partial charge in [0.25, 0.3) is 0 Å². The van der Waals surface area contributed by atoms with E-state index in [1.54, 1.807) is 6.08 Å². The lowest BCUT2D eigenvalue weighted by atomic mass is 10.1. The van der Waals surface area contributed by atoms with Gasteiger partial charge in [-0.05, 0) is 50.1 Å². The highest BCUT2D eigenvalue weighted by Crippen LogP contribution is 2.19. The number of para-hydroxylation sites is 1. The van der Waals surface area contributed by atoms with Crippen molar-refractivity contribution in [3.8, 4) is 0 Å². The SMILES string of the molecule is Cc1ccc(/C=C/C(=O)Nc2c(C)cccc2C)o1. The molecule has 0 saturated heterocycles. The number of hydrogen-bond donors (Lipinski definition) is 1. The van der Waals surface area contributed by atoms with Gasteiger partial charge in [0.2, 0.25) is 5.91 Å². The van der Waals surface area contributed by atoms with E-state index in [-0.39, 0.29) is 5.91 Å². The van der Waals surface area contributed by atoms with Crippen molar-refractivity contribution in [3.05, 3.63) is 59.1 Å². The fraction of sp³-hybridized carbons (Fsp3) is 0.188. The monoisotopic (exact) mass is 255 g/mol. The molecular formula is C16H17NO2. The summed E-state index contributed by atoms with van der Waals surface area (Å²) in [7, 11) is 0. The minimum atomic E-state index is -0.161. The van der Waals surface area contributed by atoms with Crippen LogP contribution in [0.3, 0.4) is 0 Å². The van der Waals surface area contributed by atoms with Crippen LogP contribution >= 0.6 is 0 Å². The van der Waals surface area contributed by atoms with E-state index in [0.29, 0.717) is 5.76 Å². The minimum Gasteiger partial charge on any atom is -0.462 e. The van der Waals surface area contributed by atoms with E-state index in [9.17, 15) is 4.79 Å². The Morgan fingerprint density at radius 2 is 1.79 bits per heavy atom. The van der Waals surface area contributed by atoms with Crippen LogP contribution in [0.4, 0.5) is 5.69 Å². The molecule has 2 aromatic rings. The molecule has 1 N–H and O–H groups in total. The zero-order valence-corrected chi connectivity index (χ0v) is 11.4. The average molecular weight is 255 g/mol. The summed E-state index contributed by atoms with van der Waals surface area (Å²) in [5, 5.41) is 2.89. The summed E-state index contributed by atoms with van der Waals surface area (Å²) in [6, 6.07) is 9.62. The molecular weight excluding hydrogens is 238 g/mol. The number of nitrogens with one attached hydrogen (secondary N) is 1. The maximum atomic E-state index is 11.9. The Bertz CT molecular complexity index is 603. The summed E-state index contributed by atoms with van der Waals surface area (Å²) in [5.41, 5.74) is 2.97. The molecule has 1 aromatic carbocycles.